The summed E-state index contributed by atoms with van der Waals surface area (Å²) in [6.45, 7) is 2.36. The molecule has 1 aliphatic carbocycles. The summed E-state index contributed by atoms with van der Waals surface area (Å²) in [5.74, 6) is -0.137. The second-order valence-corrected chi connectivity index (χ2v) is 8.54. The molecule has 1 atom stereocenters. The molecule has 4 rings (SSSR count). The van der Waals surface area contributed by atoms with Gasteiger partial charge in [-0.3, -0.25) is 14.4 Å². The Hall–Kier alpha value is -3.41. The SMILES string of the molecule is CC(NC(=O)c1ccc(CNc2c(NC3CCCCC3)c(=O)c2=O)cc1)c1ccccc1. The molecule has 1 fully saturated rings. The maximum Gasteiger partial charge on any atom is 0.253 e. The smallest absolute Gasteiger partial charge is 0.253 e. The van der Waals surface area contributed by atoms with Crippen molar-refractivity contribution in [2.24, 2.45) is 0 Å². The van der Waals surface area contributed by atoms with Crippen LogP contribution in [0.15, 0.2) is 64.2 Å². The largest absolute Gasteiger partial charge is 0.377 e. The van der Waals surface area contributed by atoms with Crippen molar-refractivity contribution in [2.75, 3.05) is 10.6 Å². The molecule has 3 N–H and O–H groups in total. The standard InChI is InChI=1S/C26H29N3O3/c1-17(19-8-4-2-5-9-19)28-26(32)20-14-12-18(13-15-20)16-27-22-23(25(31)24(22)30)29-21-10-6-3-7-11-21/h2,4-5,8-9,12-15,17,21,27,29H,3,6-7,10-11,16H2,1H3,(H,28,32). The Labute approximate surface area is 187 Å². The maximum atomic E-state index is 12.5. The minimum atomic E-state index is -0.464. The lowest BCUT2D eigenvalue weighted by atomic mass is 9.95. The van der Waals surface area contributed by atoms with Gasteiger partial charge in [0.2, 0.25) is 0 Å². The fraction of sp³-hybridized carbons (Fsp3) is 0.346. The molecule has 0 bridgehead atoms. The molecule has 166 valence electrons. The second kappa shape index (κ2) is 9.81. The molecular weight excluding hydrogens is 402 g/mol. The fourth-order valence-electron chi connectivity index (χ4n) is 4.22. The predicted octanol–water partition coefficient (Wildman–Crippen LogP) is 4.13. The Morgan fingerprint density at radius 1 is 0.906 bits per heavy atom. The number of hydrogen-bond acceptors (Lipinski definition) is 5. The molecule has 0 aromatic heterocycles. The number of anilines is 2. The second-order valence-electron chi connectivity index (χ2n) is 8.54. The highest BCUT2D eigenvalue weighted by molar-refractivity contribution is 5.94. The number of nitrogens with one attached hydrogen (secondary N) is 3. The van der Waals surface area contributed by atoms with Gasteiger partial charge < -0.3 is 16.0 Å². The van der Waals surface area contributed by atoms with E-state index in [0.717, 1.165) is 36.8 Å². The van der Waals surface area contributed by atoms with E-state index in [1.807, 2.05) is 49.4 Å². The van der Waals surface area contributed by atoms with E-state index >= 15 is 0 Å². The lowest BCUT2D eigenvalue weighted by Crippen LogP contribution is -2.40. The zero-order chi connectivity index (χ0) is 22.5. The quantitative estimate of drug-likeness (QED) is 0.467. The van der Waals surface area contributed by atoms with Crippen LogP contribution in [0.5, 0.6) is 0 Å². The van der Waals surface area contributed by atoms with Gasteiger partial charge in [0.15, 0.2) is 0 Å². The van der Waals surface area contributed by atoms with Gasteiger partial charge >= 0.3 is 0 Å². The molecule has 1 aliphatic rings. The van der Waals surface area contributed by atoms with Gasteiger partial charge in [-0.25, -0.2) is 0 Å². The molecule has 3 aromatic carbocycles. The minimum Gasteiger partial charge on any atom is -0.377 e. The van der Waals surface area contributed by atoms with Crippen LogP contribution in [0.25, 0.3) is 0 Å². The molecule has 0 radical (unpaired) electrons. The van der Waals surface area contributed by atoms with Crippen molar-refractivity contribution in [3.63, 3.8) is 0 Å². The summed E-state index contributed by atoms with van der Waals surface area (Å²) in [6, 6.07) is 17.2. The van der Waals surface area contributed by atoms with Gasteiger partial charge in [0.1, 0.15) is 11.4 Å². The third-order valence-corrected chi connectivity index (χ3v) is 6.20. The minimum absolute atomic E-state index is 0.0887. The Bertz CT molecular complexity index is 1130. The fourth-order valence-corrected chi connectivity index (χ4v) is 4.22. The van der Waals surface area contributed by atoms with Crippen LogP contribution in [0.1, 0.15) is 66.6 Å². The molecule has 32 heavy (non-hydrogen) atoms. The van der Waals surface area contributed by atoms with E-state index in [4.69, 9.17) is 0 Å². The monoisotopic (exact) mass is 431 g/mol. The summed E-state index contributed by atoms with van der Waals surface area (Å²) in [5.41, 5.74) is 2.45. The molecule has 3 aromatic rings. The highest BCUT2D eigenvalue weighted by Crippen LogP contribution is 2.24. The van der Waals surface area contributed by atoms with Gasteiger partial charge in [-0.2, -0.15) is 0 Å². The summed E-state index contributed by atoms with van der Waals surface area (Å²) in [5, 5.41) is 9.38. The van der Waals surface area contributed by atoms with E-state index in [2.05, 4.69) is 16.0 Å². The number of carbonyl (C=O) groups excluding carboxylic acids is 1. The van der Waals surface area contributed by atoms with Gasteiger partial charge in [0.05, 0.1) is 6.04 Å². The average molecular weight is 432 g/mol. The van der Waals surface area contributed by atoms with Crippen LogP contribution in [0, 0.1) is 0 Å². The molecule has 1 unspecified atom stereocenters. The lowest BCUT2D eigenvalue weighted by Gasteiger charge is -2.25. The highest BCUT2D eigenvalue weighted by atomic mass is 16.2. The molecule has 6 nitrogen and oxygen atoms in total. The Balaban J connectivity index is 1.33. The first-order chi connectivity index (χ1) is 15.5. The molecule has 0 spiro atoms. The van der Waals surface area contributed by atoms with Crippen LogP contribution in [-0.2, 0) is 6.54 Å². The zero-order valence-electron chi connectivity index (χ0n) is 18.3. The van der Waals surface area contributed by atoms with E-state index in [9.17, 15) is 14.4 Å². The van der Waals surface area contributed by atoms with E-state index in [1.54, 1.807) is 12.1 Å². The van der Waals surface area contributed by atoms with Crippen molar-refractivity contribution >= 4 is 17.3 Å². The third-order valence-electron chi connectivity index (χ3n) is 6.20. The highest BCUT2D eigenvalue weighted by Gasteiger charge is 2.24. The molecular formula is C26H29N3O3. The number of carbonyl (C=O) groups is 1. The molecule has 1 amide bonds. The molecule has 0 saturated heterocycles. The first kappa shape index (κ1) is 21.8. The van der Waals surface area contributed by atoms with Crippen molar-refractivity contribution in [1.82, 2.24) is 5.32 Å². The van der Waals surface area contributed by atoms with Crippen molar-refractivity contribution < 1.29 is 4.79 Å². The van der Waals surface area contributed by atoms with Gasteiger partial charge in [-0.05, 0) is 43.0 Å². The van der Waals surface area contributed by atoms with Crippen LogP contribution < -0.4 is 26.8 Å². The van der Waals surface area contributed by atoms with Crippen LogP contribution in [0.3, 0.4) is 0 Å². The van der Waals surface area contributed by atoms with Gasteiger partial charge in [0, 0.05) is 18.2 Å². The van der Waals surface area contributed by atoms with Gasteiger partial charge in [0.25, 0.3) is 16.8 Å². The van der Waals surface area contributed by atoms with E-state index in [-0.39, 0.29) is 18.0 Å². The van der Waals surface area contributed by atoms with Crippen molar-refractivity contribution in [2.45, 2.75) is 57.7 Å². The van der Waals surface area contributed by atoms with E-state index < -0.39 is 10.9 Å². The summed E-state index contributed by atoms with van der Waals surface area (Å²) in [7, 11) is 0. The van der Waals surface area contributed by atoms with Crippen LogP contribution >= 0.6 is 0 Å². The molecule has 1 saturated carbocycles. The number of hydrogen-bond donors (Lipinski definition) is 3. The van der Waals surface area contributed by atoms with Crippen molar-refractivity contribution in [1.29, 1.82) is 0 Å². The Morgan fingerprint density at radius 2 is 1.56 bits per heavy atom. The van der Waals surface area contributed by atoms with Gasteiger partial charge in [-0.1, -0.05) is 61.7 Å². The van der Waals surface area contributed by atoms with Crippen molar-refractivity contribution in [3.05, 3.63) is 91.7 Å². The number of amides is 1. The summed E-state index contributed by atoms with van der Waals surface area (Å²) < 4.78 is 0. The van der Waals surface area contributed by atoms with Gasteiger partial charge in [-0.15, -0.1) is 0 Å². The van der Waals surface area contributed by atoms with Crippen LogP contribution in [0.2, 0.25) is 0 Å². The zero-order valence-corrected chi connectivity index (χ0v) is 18.3. The normalized spacial score (nSPS) is 15.3. The number of rotatable bonds is 8. The Morgan fingerprint density at radius 3 is 2.25 bits per heavy atom. The topological polar surface area (TPSA) is 87.3 Å². The summed E-state index contributed by atoms with van der Waals surface area (Å²) in [4.78, 5) is 36.6. The average Bonchev–Trinajstić information content (AvgIpc) is 2.84. The first-order valence-corrected chi connectivity index (χ1v) is 11.3. The molecule has 6 heteroatoms. The molecule has 0 heterocycles. The van der Waals surface area contributed by atoms with Crippen molar-refractivity contribution in [3.8, 4) is 0 Å². The number of benzene rings is 2. The third kappa shape index (κ3) is 4.90. The molecule has 0 aliphatic heterocycles. The lowest BCUT2D eigenvalue weighted by molar-refractivity contribution is 0.0940. The summed E-state index contributed by atoms with van der Waals surface area (Å²) >= 11 is 0. The first-order valence-electron chi connectivity index (χ1n) is 11.3. The summed E-state index contributed by atoms with van der Waals surface area (Å²) in [6.07, 6.45) is 5.60. The predicted molar refractivity (Wildman–Crippen MR) is 128 cm³/mol. The van der Waals surface area contributed by atoms with E-state index in [0.29, 0.717) is 23.5 Å². The van der Waals surface area contributed by atoms with E-state index in [1.165, 1.54) is 6.42 Å². The Kier molecular flexibility index (Phi) is 6.69. The van der Waals surface area contributed by atoms with Crippen LogP contribution in [0.4, 0.5) is 11.4 Å². The maximum absolute atomic E-state index is 12.5. The van der Waals surface area contributed by atoms with Crippen LogP contribution in [-0.4, -0.2) is 11.9 Å².